The molecule has 0 N–H and O–H groups in total. The Morgan fingerprint density at radius 2 is 1.48 bits per heavy atom. The molecule has 0 fully saturated rings. The number of hydrogen-bond donors (Lipinski definition) is 0. The second-order valence-electron chi connectivity index (χ2n) is 5.97. The minimum atomic E-state index is 0.106. The molecule has 0 aromatic heterocycles. The summed E-state index contributed by atoms with van der Waals surface area (Å²) in [5.74, 6) is 0. The monoisotopic (exact) mass is 309 g/mol. The fourth-order valence-corrected chi connectivity index (χ4v) is 2.91. The molecular formula is C19H32ClN. The van der Waals surface area contributed by atoms with Gasteiger partial charge in [-0.1, -0.05) is 64.3 Å². The maximum atomic E-state index is 6.65. The Labute approximate surface area is 136 Å². The number of unbranched alkanes of at least 4 members (excludes halogenated alkanes) is 2. The van der Waals surface area contributed by atoms with Crippen molar-refractivity contribution in [1.29, 1.82) is 0 Å². The Balaban J connectivity index is 2.55. The molecule has 1 aromatic carbocycles. The molecule has 0 aliphatic carbocycles. The van der Waals surface area contributed by atoms with Gasteiger partial charge in [-0.15, -0.1) is 11.6 Å². The van der Waals surface area contributed by atoms with Crippen molar-refractivity contribution in [3.8, 4) is 0 Å². The highest BCUT2D eigenvalue weighted by Gasteiger charge is 2.13. The van der Waals surface area contributed by atoms with Crippen LogP contribution in [0.3, 0.4) is 0 Å². The molecular weight excluding hydrogens is 278 g/mol. The molecule has 0 radical (unpaired) electrons. The van der Waals surface area contributed by atoms with Crippen molar-refractivity contribution in [1.82, 2.24) is 4.90 Å². The number of hydrogen-bond acceptors (Lipinski definition) is 1. The van der Waals surface area contributed by atoms with E-state index in [4.69, 9.17) is 11.6 Å². The van der Waals surface area contributed by atoms with Gasteiger partial charge in [-0.05, 0) is 43.5 Å². The van der Waals surface area contributed by atoms with E-state index in [0.29, 0.717) is 0 Å². The Kier molecular flexibility index (Phi) is 9.78. The average molecular weight is 310 g/mol. The van der Waals surface area contributed by atoms with E-state index in [2.05, 4.69) is 49.9 Å². The van der Waals surface area contributed by atoms with Crippen molar-refractivity contribution < 1.29 is 0 Å². The van der Waals surface area contributed by atoms with Gasteiger partial charge in [-0.3, -0.25) is 0 Å². The third kappa shape index (κ3) is 7.33. The van der Waals surface area contributed by atoms with Gasteiger partial charge < -0.3 is 4.90 Å². The number of aryl methyl sites for hydroxylation is 1. The lowest BCUT2D eigenvalue weighted by atomic mass is 10.1. The Hall–Kier alpha value is -0.530. The summed E-state index contributed by atoms with van der Waals surface area (Å²) >= 11 is 6.65. The lowest BCUT2D eigenvalue weighted by molar-refractivity contribution is 0.265. The van der Waals surface area contributed by atoms with Crippen LogP contribution in [0.2, 0.25) is 0 Å². The first-order valence-electron chi connectivity index (χ1n) is 8.66. The Morgan fingerprint density at radius 3 is 1.95 bits per heavy atom. The third-order valence-corrected chi connectivity index (χ3v) is 4.34. The molecule has 0 amide bonds. The van der Waals surface area contributed by atoms with E-state index < -0.39 is 0 Å². The molecule has 120 valence electrons. The quantitative estimate of drug-likeness (QED) is 0.465. The van der Waals surface area contributed by atoms with Gasteiger partial charge in [-0.2, -0.15) is 0 Å². The van der Waals surface area contributed by atoms with Gasteiger partial charge in [0.15, 0.2) is 0 Å². The topological polar surface area (TPSA) is 3.24 Å². The van der Waals surface area contributed by atoms with Crippen LogP contribution in [-0.2, 0) is 6.42 Å². The summed E-state index contributed by atoms with van der Waals surface area (Å²) in [6.45, 7) is 10.0. The molecule has 1 rings (SSSR count). The first-order valence-corrected chi connectivity index (χ1v) is 9.10. The lowest BCUT2D eigenvalue weighted by Gasteiger charge is -2.24. The highest BCUT2D eigenvalue weighted by molar-refractivity contribution is 6.21. The maximum absolute atomic E-state index is 6.65. The zero-order valence-corrected chi connectivity index (χ0v) is 14.8. The number of benzene rings is 1. The second-order valence-corrected chi connectivity index (χ2v) is 6.49. The Morgan fingerprint density at radius 1 is 0.905 bits per heavy atom. The zero-order chi connectivity index (χ0) is 15.5. The average Bonchev–Trinajstić information content (AvgIpc) is 2.51. The van der Waals surface area contributed by atoms with Crippen LogP contribution in [0.5, 0.6) is 0 Å². The first-order chi connectivity index (χ1) is 10.2. The van der Waals surface area contributed by atoms with Crippen molar-refractivity contribution in [2.24, 2.45) is 0 Å². The predicted molar refractivity (Wildman–Crippen MR) is 95.3 cm³/mol. The molecule has 0 bridgehead atoms. The molecule has 0 heterocycles. The molecule has 1 nitrogen and oxygen atoms in total. The molecule has 1 aromatic rings. The van der Waals surface area contributed by atoms with Gasteiger partial charge in [-0.25, -0.2) is 0 Å². The smallest absolute Gasteiger partial charge is 0.0712 e. The van der Waals surface area contributed by atoms with Gasteiger partial charge in [0.05, 0.1) is 5.38 Å². The number of halogens is 1. The largest absolute Gasteiger partial charge is 0.302 e. The molecule has 0 aliphatic rings. The molecule has 21 heavy (non-hydrogen) atoms. The highest BCUT2D eigenvalue weighted by Crippen LogP contribution is 2.23. The van der Waals surface area contributed by atoms with Crippen molar-refractivity contribution in [2.75, 3.05) is 19.6 Å². The number of alkyl halides is 1. The van der Waals surface area contributed by atoms with E-state index in [0.717, 1.165) is 13.0 Å². The molecule has 0 saturated heterocycles. The lowest BCUT2D eigenvalue weighted by Crippen LogP contribution is -2.29. The minimum Gasteiger partial charge on any atom is -0.302 e. The second kappa shape index (κ2) is 11.1. The minimum absolute atomic E-state index is 0.106. The van der Waals surface area contributed by atoms with E-state index in [1.807, 2.05) is 0 Å². The molecule has 0 aliphatic heterocycles. The van der Waals surface area contributed by atoms with Gasteiger partial charge in [0.2, 0.25) is 0 Å². The van der Waals surface area contributed by atoms with Gasteiger partial charge in [0, 0.05) is 6.54 Å². The van der Waals surface area contributed by atoms with E-state index in [-0.39, 0.29) is 5.38 Å². The van der Waals surface area contributed by atoms with Crippen LogP contribution in [0.15, 0.2) is 24.3 Å². The number of nitrogens with zero attached hydrogens (tertiary/aromatic N) is 1. The van der Waals surface area contributed by atoms with Crippen molar-refractivity contribution >= 4 is 11.6 Å². The molecule has 1 unspecified atom stereocenters. The molecule has 0 saturated carbocycles. The van der Waals surface area contributed by atoms with Crippen LogP contribution < -0.4 is 0 Å². The van der Waals surface area contributed by atoms with E-state index in [1.54, 1.807) is 0 Å². The summed E-state index contributed by atoms with van der Waals surface area (Å²) in [6.07, 6.45) is 7.39. The SMILES string of the molecule is CCCCN(CCCC)CC(Cl)c1ccc(CCC)cc1. The van der Waals surface area contributed by atoms with Crippen LogP contribution in [0.1, 0.15) is 69.4 Å². The van der Waals surface area contributed by atoms with Gasteiger partial charge in [0.1, 0.15) is 0 Å². The van der Waals surface area contributed by atoms with E-state index in [9.17, 15) is 0 Å². The molecule has 1 atom stereocenters. The van der Waals surface area contributed by atoms with Gasteiger partial charge in [0.25, 0.3) is 0 Å². The summed E-state index contributed by atoms with van der Waals surface area (Å²) in [5.41, 5.74) is 2.67. The van der Waals surface area contributed by atoms with Crippen LogP contribution in [0.4, 0.5) is 0 Å². The van der Waals surface area contributed by atoms with Crippen LogP contribution in [0.25, 0.3) is 0 Å². The molecule has 2 heteroatoms. The van der Waals surface area contributed by atoms with E-state index in [1.165, 1.54) is 56.3 Å². The number of rotatable bonds is 11. The first kappa shape index (κ1) is 18.5. The van der Waals surface area contributed by atoms with Crippen molar-refractivity contribution in [2.45, 2.75) is 64.7 Å². The summed E-state index contributed by atoms with van der Waals surface area (Å²) in [6, 6.07) is 8.88. The molecule has 0 spiro atoms. The summed E-state index contributed by atoms with van der Waals surface area (Å²) in [7, 11) is 0. The normalized spacial score (nSPS) is 12.8. The van der Waals surface area contributed by atoms with Gasteiger partial charge >= 0.3 is 0 Å². The standard InChI is InChI=1S/C19H32ClN/c1-4-7-14-21(15-8-5-2)16-19(20)18-12-10-17(9-6-3)11-13-18/h10-13,19H,4-9,14-16H2,1-3H3. The predicted octanol–water partition coefficient (Wildman–Crippen LogP) is 5.82. The fraction of sp³-hybridized carbons (Fsp3) is 0.684. The van der Waals surface area contributed by atoms with E-state index >= 15 is 0 Å². The van der Waals surface area contributed by atoms with Crippen LogP contribution in [-0.4, -0.2) is 24.5 Å². The third-order valence-electron chi connectivity index (χ3n) is 3.95. The summed E-state index contributed by atoms with van der Waals surface area (Å²) in [4.78, 5) is 2.53. The van der Waals surface area contributed by atoms with Crippen molar-refractivity contribution in [3.63, 3.8) is 0 Å². The summed E-state index contributed by atoms with van der Waals surface area (Å²) < 4.78 is 0. The van der Waals surface area contributed by atoms with Crippen molar-refractivity contribution in [3.05, 3.63) is 35.4 Å². The fourth-order valence-electron chi connectivity index (χ4n) is 2.57. The maximum Gasteiger partial charge on any atom is 0.0712 e. The zero-order valence-electron chi connectivity index (χ0n) is 14.1. The van der Waals surface area contributed by atoms with Crippen LogP contribution in [0, 0.1) is 0 Å². The Bertz CT molecular complexity index is 352. The van der Waals surface area contributed by atoms with Crippen LogP contribution >= 0.6 is 11.6 Å². The summed E-state index contributed by atoms with van der Waals surface area (Å²) in [5, 5.41) is 0.106. The highest BCUT2D eigenvalue weighted by atomic mass is 35.5.